The smallest absolute Gasteiger partial charge is 0.137 e. The molecule has 1 N–H and O–H groups in total. The van der Waals surface area contributed by atoms with Crippen molar-refractivity contribution in [2.24, 2.45) is 0 Å². The monoisotopic (exact) mass is 344 g/mol. The number of hydrogen-bond acceptors (Lipinski definition) is 3. The molecule has 0 aliphatic carbocycles. The zero-order valence-electron chi connectivity index (χ0n) is 12.0. The molecular weight excluding hydrogens is 323 g/mol. The van der Waals surface area contributed by atoms with Gasteiger partial charge in [-0.25, -0.2) is 4.39 Å². The van der Waals surface area contributed by atoms with Crippen molar-refractivity contribution in [1.82, 2.24) is 10.2 Å². The fourth-order valence-electron chi connectivity index (χ4n) is 2.62. The van der Waals surface area contributed by atoms with Gasteiger partial charge in [0.25, 0.3) is 0 Å². The molecule has 5 heteroatoms. The van der Waals surface area contributed by atoms with E-state index in [1.165, 1.54) is 0 Å². The Morgan fingerprint density at radius 2 is 2.30 bits per heavy atom. The molecule has 3 nitrogen and oxygen atoms in total. The first-order chi connectivity index (χ1) is 9.63. The van der Waals surface area contributed by atoms with Gasteiger partial charge in [-0.2, -0.15) is 0 Å². The maximum absolute atomic E-state index is 13.8. The molecule has 1 heterocycles. The Kier molecular flexibility index (Phi) is 5.96. The van der Waals surface area contributed by atoms with E-state index in [0.29, 0.717) is 4.47 Å². The third-order valence-electron chi connectivity index (χ3n) is 3.66. The first-order valence-electron chi connectivity index (χ1n) is 7.11. The molecule has 1 aliphatic rings. The second kappa shape index (κ2) is 7.50. The first kappa shape index (κ1) is 15.9. The predicted molar refractivity (Wildman–Crippen MR) is 82.4 cm³/mol. The number of hydrogen-bond donors (Lipinski definition) is 1. The molecule has 2 unspecified atom stereocenters. The molecule has 0 saturated carbocycles. The molecule has 0 bridgehead atoms. The van der Waals surface area contributed by atoms with Crippen molar-refractivity contribution in [2.45, 2.75) is 25.5 Å². The number of likely N-dealkylation sites (N-methyl/N-ethyl adjacent to an activating group) is 1. The molecule has 1 aromatic rings. The number of rotatable bonds is 5. The van der Waals surface area contributed by atoms with Gasteiger partial charge in [0.15, 0.2) is 0 Å². The second-order valence-corrected chi connectivity index (χ2v) is 6.07. The van der Waals surface area contributed by atoms with Crippen molar-refractivity contribution < 1.29 is 9.13 Å². The molecule has 1 aliphatic heterocycles. The van der Waals surface area contributed by atoms with E-state index in [2.05, 4.69) is 40.1 Å². The van der Waals surface area contributed by atoms with Crippen LogP contribution in [0.3, 0.4) is 0 Å². The highest BCUT2D eigenvalue weighted by Crippen LogP contribution is 2.30. The number of morpholine rings is 1. The maximum atomic E-state index is 13.8. The zero-order chi connectivity index (χ0) is 14.5. The van der Waals surface area contributed by atoms with Gasteiger partial charge in [0.05, 0.1) is 23.2 Å². The van der Waals surface area contributed by atoms with Crippen LogP contribution in [0, 0.1) is 5.82 Å². The molecule has 112 valence electrons. The summed E-state index contributed by atoms with van der Waals surface area (Å²) in [5.74, 6) is -0.221. The van der Waals surface area contributed by atoms with E-state index in [1.807, 2.05) is 6.07 Å². The largest absolute Gasteiger partial charge is 0.374 e. The van der Waals surface area contributed by atoms with E-state index in [9.17, 15) is 4.39 Å². The minimum absolute atomic E-state index is 0.0564. The van der Waals surface area contributed by atoms with Crippen LogP contribution in [-0.2, 0) is 4.74 Å². The van der Waals surface area contributed by atoms with Crippen molar-refractivity contribution in [3.05, 3.63) is 34.1 Å². The fourth-order valence-corrected chi connectivity index (χ4v) is 2.87. The quantitative estimate of drug-likeness (QED) is 0.831. The third kappa shape index (κ3) is 3.79. The normalized spacial score (nSPS) is 24.0. The lowest BCUT2D eigenvalue weighted by Gasteiger charge is -2.39. The fraction of sp³-hybridized carbons (Fsp3) is 0.600. The first-order valence-corrected chi connectivity index (χ1v) is 7.90. The van der Waals surface area contributed by atoms with Gasteiger partial charge in [-0.15, -0.1) is 0 Å². The minimum Gasteiger partial charge on any atom is -0.374 e. The molecule has 2 rings (SSSR count). The van der Waals surface area contributed by atoms with Gasteiger partial charge in [-0.05, 0) is 53.6 Å². The van der Waals surface area contributed by atoms with Crippen LogP contribution in [0.1, 0.15) is 24.9 Å². The molecule has 0 radical (unpaired) electrons. The molecule has 0 aromatic heterocycles. The number of benzene rings is 1. The molecular formula is C15H22BrFN2O. The summed E-state index contributed by atoms with van der Waals surface area (Å²) in [7, 11) is 2.07. The van der Waals surface area contributed by atoms with E-state index >= 15 is 0 Å². The Morgan fingerprint density at radius 1 is 1.50 bits per heavy atom. The van der Waals surface area contributed by atoms with Crippen molar-refractivity contribution in [3.63, 3.8) is 0 Å². The number of nitrogens with one attached hydrogen (secondary N) is 1. The van der Waals surface area contributed by atoms with Gasteiger partial charge in [0.1, 0.15) is 5.82 Å². The lowest BCUT2D eigenvalue weighted by molar-refractivity contribution is -0.0613. The van der Waals surface area contributed by atoms with Crippen molar-refractivity contribution in [1.29, 1.82) is 0 Å². The van der Waals surface area contributed by atoms with E-state index < -0.39 is 0 Å². The minimum atomic E-state index is -0.221. The van der Waals surface area contributed by atoms with Crippen LogP contribution in [0.2, 0.25) is 0 Å². The summed E-state index contributed by atoms with van der Waals surface area (Å²) in [6, 6.07) is 5.43. The van der Waals surface area contributed by atoms with Gasteiger partial charge >= 0.3 is 0 Å². The van der Waals surface area contributed by atoms with E-state index in [4.69, 9.17) is 4.74 Å². The van der Waals surface area contributed by atoms with Gasteiger partial charge in [0.2, 0.25) is 0 Å². The Labute approximate surface area is 128 Å². The Bertz CT molecular complexity index is 444. The summed E-state index contributed by atoms with van der Waals surface area (Å²) in [5, 5.41) is 3.40. The molecule has 1 saturated heterocycles. The van der Waals surface area contributed by atoms with E-state index in [0.717, 1.165) is 38.2 Å². The molecule has 1 fully saturated rings. The average molecular weight is 345 g/mol. The van der Waals surface area contributed by atoms with Gasteiger partial charge < -0.3 is 10.1 Å². The molecule has 0 spiro atoms. The van der Waals surface area contributed by atoms with E-state index in [-0.39, 0.29) is 18.0 Å². The SMILES string of the molecule is CCCNCC1OCCN(C)C1c1ccc(Br)c(F)c1. The Hall–Kier alpha value is -0.490. The maximum Gasteiger partial charge on any atom is 0.137 e. The number of ether oxygens (including phenoxy) is 1. The number of halogens is 2. The van der Waals surface area contributed by atoms with Crippen LogP contribution in [0.5, 0.6) is 0 Å². The Morgan fingerprint density at radius 3 is 3.00 bits per heavy atom. The molecule has 20 heavy (non-hydrogen) atoms. The van der Waals surface area contributed by atoms with Crippen LogP contribution in [-0.4, -0.2) is 44.3 Å². The highest BCUT2D eigenvalue weighted by Gasteiger charge is 2.31. The summed E-state index contributed by atoms with van der Waals surface area (Å²) in [6.07, 6.45) is 1.15. The topological polar surface area (TPSA) is 24.5 Å². The summed E-state index contributed by atoms with van der Waals surface area (Å²) in [6.45, 7) is 5.51. The van der Waals surface area contributed by atoms with Crippen molar-refractivity contribution >= 4 is 15.9 Å². The van der Waals surface area contributed by atoms with Gasteiger partial charge in [0, 0.05) is 13.1 Å². The lowest BCUT2D eigenvalue weighted by Crippen LogP contribution is -2.47. The summed E-state index contributed by atoms with van der Waals surface area (Å²) >= 11 is 3.20. The highest BCUT2D eigenvalue weighted by molar-refractivity contribution is 9.10. The zero-order valence-corrected chi connectivity index (χ0v) is 13.6. The second-order valence-electron chi connectivity index (χ2n) is 5.21. The van der Waals surface area contributed by atoms with Gasteiger partial charge in [-0.1, -0.05) is 13.0 Å². The summed E-state index contributed by atoms with van der Waals surface area (Å²) in [5.41, 5.74) is 0.969. The van der Waals surface area contributed by atoms with Crippen molar-refractivity contribution in [2.75, 3.05) is 33.3 Å². The third-order valence-corrected chi connectivity index (χ3v) is 4.30. The molecule has 1 aromatic carbocycles. The standard InChI is InChI=1S/C15H22BrFN2O/c1-3-6-18-10-14-15(19(2)7-8-20-14)11-4-5-12(16)13(17)9-11/h4-5,9,14-15,18H,3,6-8,10H2,1-2H3. The summed E-state index contributed by atoms with van der Waals surface area (Å²) in [4.78, 5) is 2.24. The molecule has 2 atom stereocenters. The van der Waals surface area contributed by atoms with Crippen LogP contribution in [0.4, 0.5) is 4.39 Å². The van der Waals surface area contributed by atoms with Crippen LogP contribution >= 0.6 is 15.9 Å². The van der Waals surface area contributed by atoms with Crippen LogP contribution in [0.25, 0.3) is 0 Å². The highest BCUT2D eigenvalue weighted by atomic mass is 79.9. The summed E-state index contributed by atoms with van der Waals surface area (Å²) < 4.78 is 20.2. The van der Waals surface area contributed by atoms with Gasteiger partial charge in [-0.3, -0.25) is 4.90 Å². The predicted octanol–water partition coefficient (Wildman–Crippen LogP) is 2.96. The van der Waals surface area contributed by atoms with Crippen LogP contribution < -0.4 is 5.32 Å². The lowest BCUT2D eigenvalue weighted by atomic mass is 9.98. The van der Waals surface area contributed by atoms with Crippen LogP contribution in [0.15, 0.2) is 22.7 Å². The Balaban J connectivity index is 2.15. The average Bonchev–Trinajstić information content (AvgIpc) is 2.43. The van der Waals surface area contributed by atoms with E-state index in [1.54, 1.807) is 12.1 Å². The van der Waals surface area contributed by atoms with Crippen molar-refractivity contribution in [3.8, 4) is 0 Å². The number of nitrogens with zero attached hydrogens (tertiary/aromatic N) is 1. The molecule has 0 amide bonds.